The number of carbonyl (C=O) groups excluding carboxylic acids is 1. The molecule has 4 heteroatoms. The van der Waals surface area contributed by atoms with Crippen LogP contribution in [0.5, 0.6) is 0 Å². The average Bonchev–Trinajstić information content (AvgIpc) is 2.75. The Morgan fingerprint density at radius 2 is 2.00 bits per heavy atom. The van der Waals surface area contributed by atoms with Crippen molar-refractivity contribution in [1.82, 2.24) is 4.98 Å². The highest BCUT2D eigenvalue weighted by Crippen LogP contribution is 2.24. The second kappa shape index (κ2) is 5.85. The lowest BCUT2D eigenvalue weighted by Gasteiger charge is -2.06. The third-order valence-corrected chi connectivity index (χ3v) is 3.96. The predicted molar refractivity (Wildman–Crippen MR) is 91.6 cm³/mol. The van der Waals surface area contributed by atoms with E-state index in [1.807, 2.05) is 19.1 Å². The van der Waals surface area contributed by atoms with Crippen molar-refractivity contribution in [3.63, 3.8) is 0 Å². The van der Waals surface area contributed by atoms with Gasteiger partial charge in [-0.25, -0.2) is 0 Å². The summed E-state index contributed by atoms with van der Waals surface area (Å²) in [6.07, 6.45) is 0.335. The normalized spacial score (nSPS) is 10.9. The Hall–Kier alpha value is -2.26. The number of rotatable bonds is 3. The van der Waals surface area contributed by atoms with E-state index in [0.29, 0.717) is 17.1 Å². The van der Waals surface area contributed by atoms with Crippen LogP contribution >= 0.6 is 11.6 Å². The zero-order chi connectivity index (χ0) is 15.7. The average molecular weight is 313 g/mol. The topological polar surface area (TPSA) is 44.9 Å². The van der Waals surface area contributed by atoms with Gasteiger partial charge in [0.2, 0.25) is 5.91 Å². The fourth-order valence-corrected chi connectivity index (χ4v) is 2.85. The first kappa shape index (κ1) is 14.7. The number of amides is 1. The molecule has 3 aromatic rings. The van der Waals surface area contributed by atoms with Crippen molar-refractivity contribution < 1.29 is 4.79 Å². The van der Waals surface area contributed by atoms with Gasteiger partial charge in [-0.3, -0.25) is 4.79 Å². The third-order valence-electron chi connectivity index (χ3n) is 3.72. The minimum absolute atomic E-state index is 0.0484. The van der Waals surface area contributed by atoms with Gasteiger partial charge in [0.15, 0.2) is 0 Å². The van der Waals surface area contributed by atoms with E-state index in [9.17, 15) is 4.79 Å². The zero-order valence-corrected chi connectivity index (χ0v) is 13.3. The van der Waals surface area contributed by atoms with Crippen LogP contribution < -0.4 is 5.32 Å². The summed E-state index contributed by atoms with van der Waals surface area (Å²) in [4.78, 5) is 15.6. The molecule has 2 aromatic carbocycles. The maximum absolute atomic E-state index is 12.3. The summed E-state index contributed by atoms with van der Waals surface area (Å²) in [6, 6.07) is 13.4. The Morgan fingerprint density at radius 3 is 2.77 bits per heavy atom. The standard InChI is InChI=1S/C18H17ClN2O/c1-11-6-7-17-16(8-11)15(12(2)20-17)10-18(22)21-14-5-3-4-13(19)9-14/h3-9,20H,10H2,1-2H3,(H,21,22). The lowest BCUT2D eigenvalue weighted by atomic mass is 10.1. The summed E-state index contributed by atoms with van der Waals surface area (Å²) >= 11 is 5.94. The highest BCUT2D eigenvalue weighted by Gasteiger charge is 2.13. The molecule has 0 atom stereocenters. The van der Waals surface area contributed by atoms with Crippen molar-refractivity contribution in [2.24, 2.45) is 0 Å². The number of aromatic nitrogens is 1. The molecule has 0 saturated carbocycles. The SMILES string of the molecule is Cc1ccc2[nH]c(C)c(CC(=O)Nc3cccc(Cl)c3)c2c1. The molecule has 112 valence electrons. The maximum Gasteiger partial charge on any atom is 0.228 e. The molecule has 3 rings (SSSR count). The van der Waals surface area contributed by atoms with Crippen LogP contribution in [0.1, 0.15) is 16.8 Å². The Kier molecular flexibility index (Phi) is 3.90. The van der Waals surface area contributed by atoms with E-state index in [2.05, 4.69) is 35.4 Å². The predicted octanol–water partition coefficient (Wildman–Crippen LogP) is 4.62. The van der Waals surface area contributed by atoms with E-state index >= 15 is 0 Å². The van der Waals surface area contributed by atoms with E-state index < -0.39 is 0 Å². The molecule has 3 nitrogen and oxygen atoms in total. The number of anilines is 1. The van der Waals surface area contributed by atoms with Crippen LogP contribution in [0.25, 0.3) is 10.9 Å². The first-order valence-corrected chi connectivity index (χ1v) is 7.54. The van der Waals surface area contributed by atoms with Crippen molar-refractivity contribution in [2.75, 3.05) is 5.32 Å². The Balaban J connectivity index is 1.85. The summed E-state index contributed by atoms with van der Waals surface area (Å²) in [5.41, 5.74) is 5.03. The van der Waals surface area contributed by atoms with E-state index in [1.54, 1.807) is 12.1 Å². The fourth-order valence-electron chi connectivity index (χ4n) is 2.66. The lowest BCUT2D eigenvalue weighted by Crippen LogP contribution is -2.14. The minimum atomic E-state index is -0.0484. The molecule has 0 aliphatic carbocycles. The maximum atomic E-state index is 12.3. The number of benzene rings is 2. The summed E-state index contributed by atoms with van der Waals surface area (Å²) in [7, 11) is 0. The number of aryl methyl sites for hydroxylation is 2. The van der Waals surface area contributed by atoms with Crippen molar-refractivity contribution in [2.45, 2.75) is 20.3 Å². The number of halogens is 1. The highest BCUT2D eigenvalue weighted by molar-refractivity contribution is 6.30. The monoisotopic (exact) mass is 312 g/mol. The summed E-state index contributed by atoms with van der Waals surface area (Å²) in [5, 5.41) is 4.61. The number of hydrogen-bond donors (Lipinski definition) is 2. The number of nitrogens with one attached hydrogen (secondary N) is 2. The highest BCUT2D eigenvalue weighted by atomic mass is 35.5. The van der Waals surface area contributed by atoms with Gasteiger partial charge in [-0.1, -0.05) is 29.3 Å². The molecule has 0 saturated heterocycles. The van der Waals surface area contributed by atoms with Crippen molar-refractivity contribution in [3.8, 4) is 0 Å². The fraction of sp³-hybridized carbons (Fsp3) is 0.167. The molecule has 1 amide bonds. The zero-order valence-electron chi connectivity index (χ0n) is 12.5. The van der Waals surface area contributed by atoms with Crippen LogP contribution in [-0.2, 0) is 11.2 Å². The number of fused-ring (bicyclic) bond motifs is 1. The van der Waals surface area contributed by atoms with Crippen LogP contribution in [0.2, 0.25) is 5.02 Å². The molecule has 0 fully saturated rings. The van der Waals surface area contributed by atoms with Crippen LogP contribution in [-0.4, -0.2) is 10.9 Å². The molecule has 0 aliphatic heterocycles. The first-order chi connectivity index (χ1) is 10.5. The second-order valence-corrected chi connectivity index (χ2v) is 5.95. The van der Waals surface area contributed by atoms with Gasteiger partial charge in [-0.2, -0.15) is 0 Å². The molecule has 0 radical (unpaired) electrons. The van der Waals surface area contributed by atoms with Crippen molar-refractivity contribution in [3.05, 3.63) is 64.3 Å². The molecule has 0 aliphatic rings. The van der Waals surface area contributed by atoms with Gasteiger partial charge in [0.05, 0.1) is 6.42 Å². The van der Waals surface area contributed by atoms with Crippen LogP contribution in [0.15, 0.2) is 42.5 Å². The van der Waals surface area contributed by atoms with Crippen molar-refractivity contribution in [1.29, 1.82) is 0 Å². The molecule has 2 N–H and O–H groups in total. The van der Waals surface area contributed by atoms with Crippen LogP contribution in [0.3, 0.4) is 0 Å². The smallest absolute Gasteiger partial charge is 0.228 e. The van der Waals surface area contributed by atoms with Gasteiger partial charge in [0, 0.05) is 27.3 Å². The Morgan fingerprint density at radius 1 is 1.18 bits per heavy atom. The first-order valence-electron chi connectivity index (χ1n) is 7.16. The molecule has 0 unspecified atom stereocenters. The number of hydrogen-bond acceptors (Lipinski definition) is 1. The second-order valence-electron chi connectivity index (χ2n) is 5.51. The Labute approximate surface area is 134 Å². The van der Waals surface area contributed by atoms with E-state index in [1.165, 1.54) is 5.56 Å². The van der Waals surface area contributed by atoms with E-state index in [4.69, 9.17) is 11.6 Å². The molecular weight excluding hydrogens is 296 g/mol. The largest absolute Gasteiger partial charge is 0.358 e. The molecule has 0 spiro atoms. The van der Waals surface area contributed by atoms with Gasteiger partial charge in [-0.15, -0.1) is 0 Å². The van der Waals surface area contributed by atoms with Gasteiger partial charge in [0.25, 0.3) is 0 Å². The number of carbonyl (C=O) groups is 1. The Bertz CT molecular complexity index is 851. The van der Waals surface area contributed by atoms with E-state index in [0.717, 1.165) is 22.2 Å². The summed E-state index contributed by atoms with van der Waals surface area (Å²) < 4.78 is 0. The number of aromatic amines is 1. The minimum Gasteiger partial charge on any atom is -0.358 e. The lowest BCUT2D eigenvalue weighted by molar-refractivity contribution is -0.115. The quantitative estimate of drug-likeness (QED) is 0.728. The molecular formula is C18H17ClN2O. The third kappa shape index (κ3) is 3.00. The summed E-state index contributed by atoms with van der Waals surface area (Å²) in [6.45, 7) is 4.05. The molecule has 0 bridgehead atoms. The van der Waals surface area contributed by atoms with Gasteiger partial charge < -0.3 is 10.3 Å². The van der Waals surface area contributed by atoms with Crippen molar-refractivity contribution >= 4 is 34.1 Å². The summed E-state index contributed by atoms with van der Waals surface area (Å²) in [5.74, 6) is -0.0484. The van der Waals surface area contributed by atoms with Gasteiger partial charge in [0.1, 0.15) is 0 Å². The van der Waals surface area contributed by atoms with Crippen LogP contribution in [0, 0.1) is 13.8 Å². The van der Waals surface area contributed by atoms with Crippen LogP contribution in [0.4, 0.5) is 5.69 Å². The molecule has 1 aromatic heterocycles. The van der Waals surface area contributed by atoms with E-state index in [-0.39, 0.29) is 5.91 Å². The van der Waals surface area contributed by atoms with Gasteiger partial charge in [-0.05, 0) is 49.7 Å². The molecule has 1 heterocycles. The molecule has 22 heavy (non-hydrogen) atoms. The number of H-pyrrole nitrogens is 1. The van der Waals surface area contributed by atoms with Gasteiger partial charge >= 0.3 is 0 Å².